The van der Waals surface area contributed by atoms with E-state index in [1.807, 2.05) is 18.2 Å². The molecule has 4 heteroatoms. The Hall–Kier alpha value is -0.870. The molecule has 1 atom stereocenters. The van der Waals surface area contributed by atoms with Crippen LogP contribution in [0, 0.1) is 0 Å². The van der Waals surface area contributed by atoms with Gasteiger partial charge in [0.15, 0.2) is 0 Å². The van der Waals surface area contributed by atoms with Gasteiger partial charge in [-0.3, -0.25) is 0 Å². The lowest BCUT2D eigenvalue weighted by atomic mass is 9.81. The van der Waals surface area contributed by atoms with E-state index in [1.54, 1.807) is 0 Å². The molecule has 0 aliphatic carbocycles. The fourth-order valence-electron chi connectivity index (χ4n) is 2.22. The second-order valence-corrected chi connectivity index (χ2v) is 8.48. The summed E-state index contributed by atoms with van der Waals surface area (Å²) in [5.74, 6) is 0.207. The molecular weight excluding hydrogens is 258 g/mol. The van der Waals surface area contributed by atoms with E-state index < -0.39 is 9.84 Å². The van der Waals surface area contributed by atoms with Crippen LogP contribution < -0.4 is 5.73 Å². The van der Waals surface area contributed by atoms with Gasteiger partial charge in [0.2, 0.25) is 0 Å². The van der Waals surface area contributed by atoms with E-state index in [0.717, 1.165) is 5.56 Å². The Morgan fingerprint density at radius 1 is 1.21 bits per heavy atom. The second kappa shape index (κ2) is 6.06. The molecule has 0 amide bonds. The molecule has 1 rings (SSSR count). The van der Waals surface area contributed by atoms with Gasteiger partial charge in [0, 0.05) is 18.1 Å². The van der Waals surface area contributed by atoms with Crippen LogP contribution in [0.3, 0.4) is 0 Å². The lowest BCUT2D eigenvalue weighted by molar-refractivity contribution is 0.554. The average Bonchev–Trinajstić information content (AvgIpc) is 2.26. The molecule has 3 nitrogen and oxygen atoms in total. The monoisotopic (exact) mass is 283 g/mol. The molecule has 1 aromatic carbocycles. The smallest absolute Gasteiger partial charge is 0.147 e. The molecule has 0 heterocycles. The van der Waals surface area contributed by atoms with Gasteiger partial charge in [-0.25, -0.2) is 8.42 Å². The fourth-order valence-corrected chi connectivity index (χ4v) is 2.92. The van der Waals surface area contributed by atoms with Crippen LogP contribution in [0.4, 0.5) is 0 Å². The molecule has 0 radical (unpaired) electrons. The van der Waals surface area contributed by atoms with Crippen LogP contribution in [0.15, 0.2) is 24.3 Å². The van der Waals surface area contributed by atoms with Gasteiger partial charge in [-0.2, -0.15) is 0 Å². The molecule has 19 heavy (non-hydrogen) atoms. The Bertz CT molecular complexity index is 515. The van der Waals surface area contributed by atoms with Gasteiger partial charge in [0.1, 0.15) is 9.84 Å². The highest BCUT2D eigenvalue weighted by Crippen LogP contribution is 2.30. The van der Waals surface area contributed by atoms with Crippen LogP contribution in [0.1, 0.15) is 50.8 Å². The van der Waals surface area contributed by atoms with Gasteiger partial charge in [-0.1, -0.05) is 45.0 Å². The molecule has 0 saturated heterocycles. The van der Waals surface area contributed by atoms with Gasteiger partial charge < -0.3 is 5.73 Å². The van der Waals surface area contributed by atoms with Crippen LogP contribution >= 0.6 is 0 Å². The molecule has 0 spiro atoms. The minimum absolute atomic E-state index is 0.0467. The van der Waals surface area contributed by atoms with Crippen LogP contribution in [0.5, 0.6) is 0 Å². The molecule has 0 bridgehead atoms. The maximum absolute atomic E-state index is 11.1. The van der Waals surface area contributed by atoms with Gasteiger partial charge in [0.05, 0.1) is 0 Å². The maximum Gasteiger partial charge on any atom is 0.147 e. The molecule has 1 unspecified atom stereocenters. The molecule has 1 aromatic rings. The van der Waals surface area contributed by atoms with Crippen molar-refractivity contribution in [3.63, 3.8) is 0 Å². The predicted molar refractivity (Wildman–Crippen MR) is 81.0 cm³/mol. The highest BCUT2D eigenvalue weighted by atomic mass is 32.2. The third-order valence-electron chi connectivity index (χ3n) is 3.20. The minimum Gasteiger partial charge on any atom is -0.324 e. The molecule has 0 saturated carbocycles. The number of nitrogens with two attached hydrogens (primary N) is 1. The van der Waals surface area contributed by atoms with Crippen LogP contribution in [-0.2, 0) is 15.3 Å². The van der Waals surface area contributed by atoms with E-state index in [4.69, 9.17) is 5.73 Å². The van der Waals surface area contributed by atoms with Crippen molar-refractivity contribution in [1.82, 2.24) is 0 Å². The first-order valence-corrected chi connectivity index (χ1v) is 8.70. The summed E-state index contributed by atoms with van der Waals surface area (Å²) in [7, 11) is -2.90. The third-order valence-corrected chi connectivity index (χ3v) is 4.23. The SMILES string of the molecule is CC(C)(C)c1ccccc1C(N)CCCS(C)(=O)=O. The van der Waals surface area contributed by atoms with Crippen molar-refractivity contribution in [3.8, 4) is 0 Å². The standard InChI is InChI=1S/C15H25NO2S/c1-15(2,3)13-9-6-5-8-12(13)14(16)10-7-11-19(4,17)18/h5-6,8-9,14H,7,10-11,16H2,1-4H3. The number of rotatable bonds is 5. The Morgan fingerprint density at radius 3 is 2.32 bits per heavy atom. The zero-order valence-corrected chi connectivity index (χ0v) is 13.1. The van der Waals surface area contributed by atoms with E-state index in [0.29, 0.717) is 12.8 Å². The molecule has 0 aromatic heterocycles. The molecular formula is C15H25NO2S. The summed E-state index contributed by atoms with van der Waals surface area (Å²) in [5.41, 5.74) is 8.64. The summed E-state index contributed by atoms with van der Waals surface area (Å²) >= 11 is 0. The normalized spacial score (nSPS) is 14.4. The minimum atomic E-state index is -2.90. The quantitative estimate of drug-likeness (QED) is 0.904. The number of hydrogen-bond donors (Lipinski definition) is 1. The van der Waals surface area contributed by atoms with Crippen molar-refractivity contribution in [2.24, 2.45) is 5.73 Å². The van der Waals surface area contributed by atoms with Crippen molar-refractivity contribution in [3.05, 3.63) is 35.4 Å². The Labute approximate surface area is 117 Å². The zero-order chi connectivity index (χ0) is 14.7. The maximum atomic E-state index is 11.1. The number of benzene rings is 1. The summed E-state index contributed by atoms with van der Waals surface area (Å²) < 4.78 is 22.3. The average molecular weight is 283 g/mol. The van der Waals surface area contributed by atoms with Crippen molar-refractivity contribution in [2.45, 2.75) is 45.1 Å². The van der Waals surface area contributed by atoms with Gasteiger partial charge in [-0.05, 0) is 29.4 Å². The second-order valence-electron chi connectivity index (χ2n) is 6.22. The fraction of sp³-hybridized carbons (Fsp3) is 0.600. The molecule has 0 aliphatic rings. The molecule has 2 N–H and O–H groups in total. The van der Waals surface area contributed by atoms with Crippen molar-refractivity contribution in [2.75, 3.05) is 12.0 Å². The third kappa shape index (κ3) is 5.33. The van der Waals surface area contributed by atoms with Gasteiger partial charge >= 0.3 is 0 Å². The number of sulfone groups is 1. The van der Waals surface area contributed by atoms with Crippen LogP contribution in [0.25, 0.3) is 0 Å². The first-order valence-electron chi connectivity index (χ1n) is 6.64. The lowest BCUT2D eigenvalue weighted by Crippen LogP contribution is -2.20. The first kappa shape index (κ1) is 16.2. The largest absolute Gasteiger partial charge is 0.324 e. The Kier molecular flexibility index (Phi) is 5.16. The van der Waals surface area contributed by atoms with Crippen LogP contribution in [-0.4, -0.2) is 20.4 Å². The van der Waals surface area contributed by atoms with E-state index >= 15 is 0 Å². The van der Waals surface area contributed by atoms with E-state index in [2.05, 4.69) is 26.8 Å². The van der Waals surface area contributed by atoms with Crippen molar-refractivity contribution < 1.29 is 8.42 Å². The predicted octanol–water partition coefficient (Wildman–Crippen LogP) is 2.81. The topological polar surface area (TPSA) is 60.2 Å². The highest BCUT2D eigenvalue weighted by molar-refractivity contribution is 7.90. The number of hydrogen-bond acceptors (Lipinski definition) is 3. The van der Waals surface area contributed by atoms with E-state index in [9.17, 15) is 8.42 Å². The zero-order valence-electron chi connectivity index (χ0n) is 12.3. The lowest BCUT2D eigenvalue weighted by Gasteiger charge is -2.25. The summed E-state index contributed by atoms with van der Waals surface area (Å²) in [5, 5.41) is 0. The summed E-state index contributed by atoms with van der Waals surface area (Å²) in [6.45, 7) is 6.49. The van der Waals surface area contributed by atoms with E-state index in [-0.39, 0.29) is 17.2 Å². The highest BCUT2D eigenvalue weighted by Gasteiger charge is 2.20. The van der Waals surface area contributed by atoms with E-state index in [1.165, 1.54) is 11.8 Å². The summed E-state index contributed by atoms with van der Waals surface area (Å²) in [6.07, 6.45) is 2.57. The summed E-state index contributed by atoms with van der Waals surface area (Å²) in [4.78, 5) is 0. The first-order chi connectivity index (χ1) is 8.61. The van der Waals surface area contributed by atoms with Gasteiger partial charge in [-0.15, -0.1) is 0 Å². The Morgan fingerprint density at radius 2 is 1.79 bits per heavy atom. The molecule has 0 fully saturated rings. The summed E-state index contributed by atoms with van der Waals surface area (Å²) in [6, 6.07) is 8.06. The van der Waals surface area contributed by atoms with Crippen molar-refractivity contribution in [1.29, 1.82) is 0 Å². The Balaban J connectivity index is 2.80. The van der Waals surface area contributed by atoms with Crippen LogP contribution in [0.2, 0.25) is 0 Å². The van der Waals surface area contributed by atoms with Gasteiger partial charge in [0.25, 0.3) is 0 Å². The van der Waals surface area contributed by atoms with Crippen molar-refractivity contribution >= 4 is 9.84 Å². The molecule has 0 aliphatic heterocycles. The molecule has 108 valence electrons.